The van der Waals surface area contributed by atoms with Crippen molar-refractivity contribution in [2.24, 2.45) is 5.73 Å². The van der Waals surface area contributed by atoms with E-state index in [2.05, 4.69) is 20.9 Å². The van der Waals surface area contributed by atoms with Crippen molar-refractivity contribution in [2.75, 3.05) is 0 Å². The number of rotatable bonds is 4. The quantitative estimate of drug-likeness (QED) is 0.940. The van der Waals surface area contributed by atoms with E-state index in [1.54, 1.807) is 16.8 Å². The number of aromatic nitrogens is 1. The number of hydrogen-bond donors (Lipinski definition) is 1. The molecule has 0 saturated heterocycles. The maximum absolute atomic E-state index is 5.92. The molecule has 0 spiro atoms. The van der Waals surface area contributed by atoms with Crippen LogP contribution >= 0.6 is 27.3 Å². The van der Waals surface area contributed by atoms with E-state index in [9.17, 15) is 0 Å². The lowest BCUT2D eigenvalue weighted by molar-refractivity contribution is 0.297. The third kappa shape index (κ3) is 3.28. The summed E-state index contributed by atoms with van der Waals surface area (Å²) in [5.74, 6) is 0.816. The SMILES string of the molecule is C[C@@H](N)c1cc(Br)ccc1OCc1cscn1. The van der Waals surface area contributed by atoms with Gasteiger partial charge in [0.15, 0.2) is 0 Å². The molecule has 17 heavy (non-hydrogen) atoms. The van der Waals surface area contributed by atoms with Gasteiger partial charge in [-0.05, 0) is 25.1 Å². The fourth-order valence-electron chi connectivity index (χ4n) is 1.47. The Labute approximate surface area is 113 Å². The van der Waals surface area contributed by atoms with E-state index < -0.39 is 0 Å². The molecule has 2 aromatic rings. The average Bonchev–Trinajstić information content (AvgIpc) is 2.80. The molecule has 0 aliphatic carbocycles. The largest absolute Gasteiger partial charge is 0.487 e. The van der Waals surface area contributed by atoms with Gasteiger partial charge in [-0.1, -0.05) is 15.9 Å². The zero-order valence-electron chi connectivity index (χ0n) is 9.39. The predicted molar refractivity (Wildman–Crippen MR) is 73.2 cm³/mol. The van der Waals surface area contributed by atoms with Crippen LogP contribution < -0.4 is 10.5 Å². The lowest BCUT2D eigenvalue weighted by Crippen LogP contribution is -2.08. The van der Waals surface area contributed by atoms with Crippen LogP contribution in [0.25, 0.3) is 0 Å². The van der Waals surface area contributed by atoms with Crippen LogP contribution in [-0.2, 0) is 6.61 Å². The molecule has 2 rings (SSSR count). The molecule has 1 atom stereocenters. The zero-order chi connectivity index (χ0) is 12.3. The molecule has 1 aromatic carbocycles. The lowest BCUT2D eigenvalue weighted by Gasteiger charge is -2.13. The van der Waals surface area contributed by atoms with Crippen molar-refractivity contribution in [3.8, 4) is 5.75 Å². The summed E-state index contributed by atoms with van der Waals surface area (Å²) in [5.41, 5.74) is 9.65. The number of thiazole rings is 1. The summed E-state index contributed by atoms with van der Waals surface area (Å²) in [4.78, 5) is 4.18. The second-order valence-corrected chi connectivity index (χ2v) is 5.37. The van der Waals surface area contributed by atoms with Crippen LogP contribution in [0.3, 0.4) is 0 Å². The average molecular weight is 313 g/mol. The van der Waals surface area contributed by atoms with Crippen molar-refractivity contribution in [3.63, 3.8) is 0 Å². The van der Waals surface area contributed by atoms with Gasteiger partial charge in [-0.25, -0.2) is 4.98 Å². The maximum Gasteiger partial charge on any atom is 0.131 e. The van der Waals surface area contributed by atoms with E-state index in [-0.39, 0.29) is 6.04 Å². The summed E-state index contributed by atoms with van der Waals surface area (Å²) in [6.45, 7) is 2.42. The number of nitrogens with two attached hydrogens (primary N) is 1. The van der Waals surface area contributed by atoms with Crippen molar-refractivity contribution in [1.29, 1.82) is 0 Å². The van der Waals surface area contributed by atoms with Crippen molar-refractivity contribution in [3.05, 3.63) is 44.8 Å². The van der Waals surface area contributed by atoms with Crippen molar-refractivity contribution < 1.29 is 4.74 Å². The Morgan fingerprint density at radius 2 is 2.35 bits per heavy atom. The van der Waals surface area contributed by atoms with Crippen LogP contribution in [0.5, 0.6) is 5.75 Å². The molecular formula is C12H13BrN2OS. The minimum absolute atomic E-state index is 0.0575. The van der Waals surface area contributed by atoms with Crippen LogP contribution in [0.4, 0.5) is 0 Å². The Kier molecular flexibility index (Phi) is 4.15. The lowest BCUT2D eigenvalue weighted by atomic mass is 10.1. The summed E-state index contributed by atoms with van der Waals surface area (Å²) in [6.07, 6.45) is 0. The van der Waals surface area contributed by atoms with Gasteiger partial charge in [0.05, 0.1) is 11.2 Å². The van der Waals surface area contributed by atoms with Gasteiger partial charge >= 0.3 is 0 Å². The third-order valence-electron chi connectivity index (χ3n) is 2.32. The van der Waals surface area contributed by atoms with Crippen molar-refractivity contribution in [2.45, 2.75) is 19.6 Å². The van der Waals surface area contributed by atoms with Gasteiger partial charge in [0.2, 0.25) is 0 Å². The van der Waals surface area contributed by atoms with Crippen LogP contribution in [-0.4, -0.2) is 4.98 Å². The Hall–Kier alpha value is -0.910. The van der Waals surface area contributed by atoms with Gasteiger partial charge in [0.1, 0.15) is 12.4 Å². The number of hydrogen-bond acceptors (Lipinski definition) is 4. The fraction of sp³-hybridized carbons (Fsp3) is 0.250. The minimum Gasteiger partial charge on any atom is -0.487 e. The normalized spacial score (nSPS) is 12.4. The molecule has 0 amide bonds. The Bertz CT molecular complexity index is 485. The van der Waals surface area contributed by atoms with Crippen LogP contribution in [0.15, 0.2) is 33.6 Å². The van der Waals surface area contributed by atoms with Gasteiger partial charge in [0.25, 0.3) is 0 Å². The second-order valence-electron chi connectivity index (χ2n) is 3.74. The van der Waals surface area contributed by atoms with Gasteiger partial charge in [0, 0.05) is 21.5 Å². The van der Waals surface area contributed by atoms with Gasteiger partial charge < -0.3 is 10.5 Å². The summed E-state index contributed by atoms with van der Waals surface area (Å²) in [7, 11) is 0. The molecular weight excluding hydrogens is 300 g/mol. The number of ether oxygens (including phenoxy) is 1. The second kappa shape index (κ2) is 5.62. The highest BCUT2D eigenvalue weighted by Crippen LogP contribution is 2.28. The minimum atomic E-state index is -0.0575. The number of halogens is 1. The highest BCUT2D eigenvalue weighted by Gasteiger charge is 2.09. The molecule has 0 aliphatic heterocycles. The zero-order valence-corrected chi connectivity index (χ0v) is 11.8. The molecule has 1 heterocycles. The topological polar surface area (TPSA) is 48.1 Å². The molecule has 0 fully saturated rings. The van der Waals surface area contributed by atoms with E-state index in [0.29, 0.717) is 6.61 Å². The first kappa shape index (κ1) is 12.5. The van der Waals surface area contributed by atoms with Crippen LogP contribution in [0, 0.1) is 0 Å². The fourth-order valence-corrected chi connectivity index (χ4v) is 2.39. The number of benzene rings is 1. The Morgan fingerprint density at radius 3 is 3.00 bits per heavy atom. The molecule has 0 radical (unpaired) electrons. The number of nitrogens with zero attached hydrogens (tertiary/aromatic N) is 1. The van der Waals surface area contributed by atoms with E-state index in [0.717, 1.165) is 21.5 Å². The van der Waals surface area contributed by atoms with E-state index >= 15 is 0 Å². The molecule has 1 aromatic heterocycles. The Balaban J connectivity index is 2.14. The summed E-state index contributed by atoms with van der Waals surface area (Å²) in [5, 5.41) is 1.98. The first-order valence-electron chi connectivity index (χ1n) is 5.21. The van der Waals surface area contributed by atoms with Gasteiger partial charge in [-0.15, -0.1) is 11.3 Å². The Morgan fingerprint density at radius 1 is 1.53 bits per heavy atom. The van der Waals surface area contributed by atoms with Crippen molar-refractivity contribution in [1.82, 2.24) is 4.98 Å². The molecule has 90 valence electrons. The smallest absolute Gasteiger partial charge is 0.131 e. The van der Waals surface area contributed by atoms with Crippen molar-refractivity contribution >= 4 is 27.3 Å². The molecule has 2 N–H and O–H groups in total. The van der Waals surface area contributed by atoms with E-state index in [1.807, 2.05) is 30.5 Å². The first-order chi connectivity index (χ1) is 8.16. The van der Waals surface area contributed by atoms with Crippen LogP contribution in [0.2, 0.25) is 0 Å². The summed E-state index contributed by atoms with van der Waals surface area (Å²) >= 11 is 5.00. The molecule has 0 aliphatic rings. The van der Waals surface area contributed by atoms with Crippen LogP contribution in [0.1, 0.15) is 24.2 Å². The summed E-state index contributed by atoms with van der Waals surface area (Å²) < 4.78 is 6.75. The molecule has 0 bridgehead atoms. The van der Waals surface area contributed by atoms with E-state index in [1.165, 1.54) is 0 Å². The molecule has 5 heteroatoms. The highest BCUT2D eigenvalue weighted by atomic mass is 79.9. The van der Waals surface area contributed by atoms with Gasteiger partial charge in [-0.2, -0.15) is 0 Å². The predicted octanol–water partition coefficient (Wildman–Crippen LogP) is 3.50. The monoisotopic (exact) mass is 312 g/mol. The summed E-state index contributed by atoms with van der Waals surface area (Å²) in [6, 6.07) is 5.80. The van der Waals surface area contributed by atoms with Gasteiger partial charge in [-0.3, -0.25) is 0 Å². The van der Waals surface area contributed by atoms with E-state index in [4.69, 9.17) is 10.5 Å². The third-order valence-corrected chi connectivity index (χ3v) is 3.45. The first-order valence-corrected chi connectivity index (χ1v) is 6.95. The molecule has 3 nitrogen and oxygen atoms in total. The highest BCUT2D eigenvalue weighted by molar-refractivity contribution is 9.10. The molecule has 0 saturated carbocycles. The maximum atomic E-state index is 5.92. The molecule has 0 unspecified atom stereocenters. The standard InChI is InChI=1S/C12H13BrN2OS/c1-8(14)11-4-9(13)2-3-12(11)16-5-10-6-17-7-15-10/h2-4,6-8H,5,14H2,1H3/t8-/m1/s1.